The van der Waals surface area contributed by atoms with E-state index in [-0.39, 0.29) is 22.3 Å². The van der Waals surface area contributed by atoms with Crippen molar-refractivity contribution in [3.63, 3.8) is 0 Å². The van der Waals surface area contributed by atoms with Gasteiger partial charge >= 0.3 is 0 Å². The SMILES string of the molecule is C.C.C.C=C(C)CCC[C@@H](C)C1CC[C@@]2(C)/C(=C/C=C3/CCCCC3=C)CCCC12C.CC.CC.CC. The van der Waals surface area contributed by atoms with E-state index in [1.807, 2.05) is 41.5 Å². The highest BCUT2D eigenvalue weighted by molar-refractivity contribution is 5.36. The van der Waals surface area contributed by atoms with Gasteiger partial charge in [0.1, 0.15) is 0 Å². The van der Waals surface area contributed by atoms with Crippen LogP contribution < -0.4 is 0 Å². The van der Waals surface area contributed by atoms with Gasteiger partial charge in [0.05, 0.1) is 0 Å². The largest absolute Gasteiger partial charge is 0.100 e. The summed E-state index contributed by atoms with van der Waals surface area (Å²) in [5.74, 6) is 1.71. The molecule has 0 aliphatic heterocycles. The summed E-state index contributed by atoms with van der Waals surface area (Å²) in [5, 5.41) is 0. The minimum absolute atomic E-state index is 0. The molecule has 0 nitrogen and oxygen atoms in total. The van der Waals surface area contributed by atoms with Crippen molar-refractivity contribution in [1.82, 2.24) is 0 Å². The first-order valence-corrected chi connectivity index (χ1v) is 15.0. The Hall–Kier alpha value is -1.04. The van der Waals surface area contributed by atoms with Crippen LogP contribution in [0.3, 0.4) is 0 Å². The molecule has 0 saturated heterocycles. The molecule has 37 heavy (non-hydrogen) atoms. The van der Waals surface area contributed by atoms with Crippen LogP contribution in [-0.4, -0.2) is 0 Å². The maximum Gasteiger partial charge on any atom is -0.00566 e. The number of fused-ring (bicyclic) bond motifs is 1. The molecular weight excluding hydrogens is 444 g/mol. The average molecular weight is 519 g/mol. The first-order valence-electron chi connectivity index (χ1n) is 15.0. The van der Waals surface area contributed by atoms with E-state index in [9.17, 15) is 0 Å². The van der Waals surface area contributed by atoms with E-state index >= 15 is 0 Å². The predicted molar refractivity (Wildman–Crippen MR) is 179 cm³/mol. The van der Waals surface area contributed by atoms with E-state index in [0.29, 0.717) is 10.8 Å². The van der Waals surface area contributed by atoms with E-state index in [4.69, 9.17) is 0 Å². The lowest BCUT2D eigenvalue weighted by atomic mass is 9.53. The first-order chi connectivity index (χ1) is 16.3. The van der Waals surface area contributed by atoms with Gasteiger partial charge < -0.3 is 0 Å². The molecule has 3 aliphatic rings. The molecule has 0 aromatic carbocycles. The normalized spacial score (nSPS) is 28.7. The summed E-state index contributed by atoms with van der Waals surface area (Å²) < 4.78 is 0. The number of rotatable bonds is 6. The van der Waals surface area contributed by atoms with Gasteiger partial charge in [-0.25, -0.2) is 0 Å². The van der Waals surface area contributed by atoms with Crippen molar-refractivity contribution >= 4 is 0 Å². The Labute approximate surface area is 238 Å². The summed E-state index contributed by atoms with van der Waals surface area (Å²) >= 11 is 0. The standard InChI is InChI=1S/C28H44.3C2H6.3CH4/c1-21(2)11-9-13-23(4)26-18-20-27(5)25(15-10-19-28(26,27)6)17-16-24-14-8-7-12-22(24)3;3*1-2;;;/h16-17,23,26H,1,3,7-15,18-20H2,2,4-6H3;3*1-2H3;3*1H4/b24-16-,25-17+;;;;;;/t23-,26?,27+,28?;;;;;;/m1....../s1. The zero-order chi connectivity index (χ0) is 26.4. The lowest BCUT2D eigenvalue weighted by Crippen LogP contribution is -2.43. The second-order valence-corrected chi connectivity index (χ2v) is 10.8. The summed E-state index contributed by atoms with van der Waals surface area (Å²) in [6.45, 7) is 30.4. The van der Waals surface area contributed by atoms with Crippen LogP contribution in [-0.2, 0) is 0 Å². The van der Waals surface area contributed by atoms with Crippen LogP contribution in [0.2, 0.25) is 0 Å². The summed E-state index contributed by atoms with van der Waals surface area (Å²) in [6.07, 6.45) is 20.9. The smallest absolute Gasteiger partial charge is 0.00566 e. The van der Waals surface area contributed by atoms with Crippen molar-refractivity contribution in [3.8, 4) is 0 Å². The first kappa shape index (κ1) is 43.0. The highest BCUT2D eigenvalue weighted by Crippen LogP contribution is 2.67. The van der Waals surface area contributed by atoms with Gasteiger partial charge in [0.25, 0.3) is 0 Å². The molecule has 0 aromatic heterocycles. The van der Waals surface area contributed by atoms with Gasteiger partial charge in [0, 0.05) is 0 Å². The molecule has 0 heteroatoms. The van der Waals surface area contributed by atoms with Crippen molar-refractivity contribution in [2.75, 3.05) is 0 Å². The third kappa shape index (κ3) is 10.9. The Morgan fingerprint density at radius 3 is 2.00 bits per heavy atom. The highest BCUT2D eigenvalue weighted by Gasteiger charge is 2.57. The van der Waals surface area contributed by atoms with Crippen LogP contribution in [0.15, 0.2) is 47.6 Å². The number of hydrogen-bond donors (Lipinski definition) is 0. The molecule has 3 aliphatic carbocycles. The summed E-state index contributed by atoms with van der Waals surface area (Å²) in [4.78, 5) is 0. The summed E-state index contributed by atoms with van der Waals surface area (Å²) in [5.41, 5.74) is 6.87. The number of hydrogen-bond acceptors (Lipinski definition) is 0. The van der Waals surface area contributed by atoms with Crippen LogP contribution in [0.1, 0.15) is 169 Å². The van der Waals surface area contributed by atoms with E-state index < -0.39 is 0 Å². The highest BCUT2D eigenvalue weighted by atomic mass is 14.6. The van der Waals surface area contributed by atoms with Crippen molar-refractivity contribution in [3.05, 3.63) is 47.6 Å². The molecule has 0 aromatic rings. The van der Waals surface area contributed by atoms with Crippen molar-refractivity contribution in [1.29, 1.82) is 0 Å². The molecule has 0 N–H and O–H groups in total. The Balaban J connectivity index is -0.000000564. The maximum atomic E-state index is 4.33. The van der Waals surface area contributed by atoms with Gasteiger partial charge in [-0.2, -0.15) is 0 Å². The van der Waals surface area contributed by atoms with E-state index in [1.165, 1.54) is 93.8 Å². The van der Waals surface area contributed by atoms with Crippen molar-refractivity contribution in [2.45, 2.75) is 169 Å². The molecule has 3 fully saturated rings. The Bertz CT molecular complexity index is 660. The zero-order valence-corrected chi connectivity index (χ0v) is 25.2. The van der Waals surface area contributed by atoms with Gasteiger partial charge in [-0.3, -0.25) is 0 Å². The van der Waals surface area contributed by atoms with Crippen LogP contribution >= 0.6 is 0 Å². The van der Waals surface area contributed by atoms with E-state index in [2.05, 4.69) is 53.0 Å². The Morgan fingerprint density at radius 2 is 1.46 bits per heavy atom. The van der Waals surface area contributed by atoms with Crippen molar-refractivity contribution < 1.29 is 0 Å². The minimum Gasteiger partial charge on any atom is -0.100 e. The van der Waals surface area contributed by atoms with Gasteiger partial charge in [-0.1, -0.05) is 126 Å². The molecule has 0 spiro atoms. The van der Waals surface area contributed by atoms with Crippen LogP contribution in [0.5, 0.6) is 0 Å². The maximum absolute atomic E-state index is 4.33. The lowest BCUT2D eigenvalue weighted by Gasteiger charge is -2.51. The van der Waals surface area contributed by atoms with E-state index in [1.54, 1.807) is 5.57 Å². The molecule has 3 saturated carbocycles. The molecule has 222 valence electrons. The second-order valence-electron chi connectivity index (χ2n) is 10.8. The summed E-state index contributed by atoms with van der Waals surface area (Å²) in [6, 6.07) is 0. The Morgan fingerprint density at radius 1 is 0.892 bits per heavy atom. The van der Waals surface area contributed by atoms with Gasteiger partial charge in [-0.15, -0.1) is 6.58 Å². The molecule has 3 rings (SSSR count). The molecule has 4 atom stereocenters. The summed E-state index contributed by atoms with van der Waals surface area (Å²) in [7, 11) is 0. The molecule has 0 bridgehead atoms. The average Bonchev–Trinajstić information content (AvgIpc) is 3.13. The van der Waals surface area contributed by atoms with Gasteiger partial charge in [0.2, 0.25) is 0 Å². The zero-order valence-electron chi connectivity index (χ0n) is 25.2. The van der Waals surface area contributed by atoms with E-state index in [0.717, 1.165) is 11.8 Å². The fraction of sp³-hybridized carbons (Fsp3) is 0.784. The molecule has 0 radical (unpaired) electrons. The third-order valence-electron chi connectivity index (χ3n) is 8.95. The third-order valence-corrected chi connectivity index (χ3v) is 8.95. The fourth-order valence-electron chi connectivity index (χ4n) is 6.87. The van der Waals surface area contributed by atoms with Gasteiger partial charge in [-0.05, 0) is 106 Å². The van der Waals surface area contributed by atoms with Crippen LogP contribution in [0.4, 0.5) is 0 Å². The topological polar surface area (TPSA) is 0 Å². The Kier molecular flexibility index (Phi) is 25.4. The lowest BCUT2D eigenvalue weighted by molar-refractivity contribution is 0.0344. The predicted octanol–water partition coefficient (Wildman–Crippen LogP) is 13.9. The fourth-order valence-corrected chi connectivity index (χ4v) is 6.87. The molecule has 0 amide bonds. The molecular formula is C37H74. The quantitative estimate of drug-likeness (QED) is 0.307. The monoisotopic (exact) mass is 519 g/mol. The van der Waals surface area contributed by atoms with Crippen LogP contribution in [0, 0.1) is 22.7 Å². The molecule has 0 heterocycles. The van der Waals surface area contributed by atoms with Crippen LogP contribution in [0.25, 0.3) is 0 Å². The number of allylic oxidation sites excluding steroid dienone is 6. The molecule has 2 unspecified atom stereocenters. The van der Waals surface area contributed by atoms with Gasteiger partial charge in [0.15, 0.2) is 0 Å². The second kappa shape index (κ2) is 21.8. The van der Waals surface area contributed by atoms with Crippen molar-refractivity contribution in [2.24, 2.45) is 22.7 Å². The minimum atomic E-state index is 0.